The molecule has 3 aromatic heterocycles. The van der Waals surface area contributed by atoms with Crippen molar-refractivity contribution >= 4 is 11.7 Å². The third-order valence-electron chi connectivity index (χ3n) is 4.76. The van der Waals surface area contributed by atoms with Crippen LogP contribution in [0.3, 0.4) is 0 Å². The van der Waals surface area contributed by atoms with Gasteiger partial charge in [0.1, 0.15) is 5.82 Å². The summed E-state index contributed by atoms with van der Waals surface area (Å²) in [6, 6.07) is 5.79. The first-order chi connectivity index (χ1) is 13.6. The lowest BCUT2D eigenvalue weighted by molar-refractivity contribution is -0.117. The van der Waals surface area contributed by atoms with Crippen molar-refractivity contribution in [2.75, 3.05) is 39.0 Å². The summed E-state index contributed by atoms with van der Waals surface area (Å²) >= 11 is 0. The molecule has 1 aliphatic rings. The molecule has 0 radical (unpaired) electrons. The van der Waals surface area contributed by atoms with Crippen LogP contribution in [0.15, 0.2) is 43.0 Å². The van der Waals surface area contributed by atoms with Crippen molar-refractivity contribution in [1.82, 2.24) is 39.3 Å². The summed E-state index contributed by atoms with van der Waals surface area (Å²) in [6.07, 6.45) is 7.92. The fourth-order valence-corrected chi connectivity index (χ4v) is 3.26. The summed E-state index contributed by atoms with van der Waals surface area (Å²) in [6.45, 7) is 2.14. The average molecular weight is 381 g/mol. The van der Waals surface area contributed by atoms with Gasteiger partial charge in [-0.1, -0.05) is 0 Å². The van der Waals surface area contributed by atoms with Crippen molar-refractivity contribution in [3.8, 4) is 11.8 Å². The minimum absolute atomic E-state index is 0.101. The minimum Gasteiger partial charge on any atom is -0.309 e. The van der Waals surface area contributed by atoms with Gasteiger partial charge in [0.2, 0.25) is 5.91 Å². The molecule has 0 saturated carbocycles. The van der Waals surface area contributed by atoms with E-state index in [1.54, 1.807) is 46.3 Å². The van der Waals surface area contributed by atoms with Crippen LogP contribution in [-0.4, -0.2) is 85.0 Å². The van der Waals surface area contributed by atoms with E-state index in [-0.39, 0.29) is 5.91 Å². The van der Waals surface area contributed by atoms with Crippen LogP contribution in [0.2, 0.25) is 0 Å². The number of rotatable bonds is 6. The van der Waals surface area contributed by atoms with Crippen molar-refractivity contribution in [2.24, 2.45) is 0 Å². The van der Waals surface area contributed by atoms with Gasteiger partial charge in [-0.05, 0) is 32.6 Å². The molecule has 10 heteroatoms. The topological polar surface area (TPSA) is 97.0 Å². The van der Waals surface area contributed by atoms with E-state index in [2.05, 4.69) is 49.4 Å². The van der Waals surface area contributed by atoms with Gasteiger partial charge in [0, 0.05) is 50.0 Å². The lowest BCUT2D eigenvalue weighted by atomic mass is 10.2. The van der Waals surface area contributed by atoms with Crippen LogP contribution in [0.5, 0.6) is 0 Å². The quantitative estimate of drug-likeness (QED) is 0.661. The Morgan fingerprint density at radius 3 is 2.57 bits per heavy atom. The third-order valence-corrected chi connectivity index (χ3v) is 4.76. The van der Waals surface area contributed by atoms with Gasteiger partial charge in [0.15, 0.2) is 5.82 Å². The number of hydrogen-bond donors (Lipinski definition) is 1. The lowest BCUT2D eigenvalue weighted by Crippen LogP contribution is -2.35. The Kier molecular flexibility index (Phi) is 5.13. The number of hydrogen-bond acceptors (Lipinski definition) is 7. The highest BCUT2D eigenvalue weighted by Crippen LogP contribution is 2.15. The van der Waals surface area contributed by atoms with E-state index in [1.807, 2.05) is 6.07 Å². The maximum atomic E-state index is 12.6. The second-order valence-electron chi connectivity index (χ2n) is 7.00. The smallest absolute Gasteiger partial charge is 0.254 e. The third kappa shape index (κ3) is 4.07. The molecule has 1 atom stereocenters. The molecule has 1 fully saturated rings. The molecule has 0 aliphatic carbocycles. The van der Waals surface area contributed by atoms with Gasteiger partial charge in [-0.2, -0.15) is 20.2 Å². The predicted octanol–water partition coefficient (Wildman–Crippen LogP) is 0.422. The molecule has 4 heterocycles. The van der Waals surface area contributed by atoms with E-state index in [0.29, 0.717) is 30.2 Å². The Hall–Kier alpha value is -3.11. The number of nitrogens with one attached hydrogen (secondary N) is 1. The Morgan fingerprint density at radius 1 is 1.18 bits per heavy atom. The van der Waals surface area contributed by atoms with Gasteiger partial charge in [-0.15, -0.1) is 0 Å². The Labute approximate surface area is 162 Å². The highest BCUT2D eigenvalue weighted by Gasteiger charge is 2.25. The van der Waals surface area contributed by atoms with Crippen molar-refractivity contribution in [1.29, 1.82) is 0 Å². The number of nitrogens with zero attached hydrogens (tertiary/aromatic N) is 8. The average Bonchev–Trinajstić information content (AvgIpc) is 3.43. The second kappa shape index (κ2) is 7.87. The van der Waals surface area contributed by atoms with Gasteiger partial charge < -0.3 is 10.2 Å². The normalized spacial score (nSPS) is 17.3. The summed E-state index contributed by atoms with van der Waals surface area (Å²) in [5.41, 5.74) is 0. The fraction of sp³-hybridized carbons (Fsp3) is 0.389. The molecule has 1 N–H and O–H groups in total. The van der Waals surface area contributed by atoms with Gasteiger partial charge >= 0.3 is 0 Å². The van der Waals surface area contributed by atoms with Crippen LogP contribution in [0.1, 0.15) is 6.42 Å². The fourth-order valence-electron chi connectivity index (χ4n) is 3.26. The highest BCUT2D eigenvalue weighted by molar-refractivity contribution is 5.91. The van der Waals surface area contributed by atoms with Gasteiger partial charge in [-0.3, -0.25) is 9.69 Å². The zero-order chi connectivity index (χ0) is 19.5. The highest BCUT2D eigenvalue weighted by atomic mass is 16.2. The molecule has 3 aromatic rings. The maximum Gasteiger partial charge on any atom is 0.254 e. The molecule has 1 aliphatic heterocycles. The summed E-state index contributed by atoms with van der Waals surface area (Å²) < 4.78 is 3.16. The minimum atomic E-state index is -0.101. The number of carbonyl (C=O) groups is 1. The first-order valence-corrected chi connectivity index (χ1v) is 9.16. The van der Waals surface area contributed by atoms with Crippen molar-refractivity contribution in [2.45, 2.75) is 12.5 Å². The van der Waals surface area contributed by atoms with Crippen molar-refractivity contribution in [3.63, 3.8) is 0 Å². The molecule has 4 rings (SSSR count). The van der Waals surface area contributed by atoms with Crippen LogP contribution in [0, 0.1) is 0 Å². The zero-order valence-corrected chi connectivity index (χ0v) is 15.9. The van der Waals surface area contributed by atoms with E-state index >= 15 is 0 Å². The lowest BCUT2D eigenvalue weighted by Gasteiger charge is -2.20. The summed E-state index contributed by atoms with van der Waals surface area (Å²) in [4.78, 5) is 25.8. The summed E-state index contributed by atoms with van der Waals surface area (Å²) in [5.74, 6) is 1.23. The standard InChI is InChI=1S/C18H23N9O/c1-24(2)14-5-10-25(12-14)13-17(28)21-15-11-16(26-8-3-6-19-26)23-18(22-15)27-9-4-7-20-27/h3-4,6-9,11,14H,5,10,12-13H2,1-2H3,(H,21,22,23,28). The molecular weight excluding hydrogens is 358 g/mol. The van der Waals surface area contributed by atoms with Crippen LogP contribution in [0.4, 0.5) is 5.82 Å². The van der Waals surface area contributed by atoms with Crippen LogP contribution in [-0.2, 0) is 4.79 Å². The second-order valence-corrected chi connectivity index (χ2v) is 7.00. The molecule has 1 unspecified atom stereocenters. The van der Waals surface area contributed by atoms with Crippen LogP contribution >= 0.6 is 0 Å². The number of likely N-dealkylation sites (tertiary alicyclic amines) is 1. The molecule has 28 heavy (non-hydrogen) atoms. The van der Waals surface area contributed by atoms with Crippen LogP contribution < -0.4 is 5.32 Å². The number of carbonyl (C=O) groups excluding carboxylic acids is 1. The van der Waals surface area contributed by atoms with E-state index < -0.39 is 0 Å². The number of likely N-dealkylation sites (N-methyl/N-ethyl adjacent to an activating group) is 1. The number of anilines is 1. The van der Waals surface area contributed by atoms with Crippen molar-refractivity contribution in [3.05, 3.63) is 43.0 Å². The molecule has 1 saturated heterocycles. The summed E-state index contributed by atoms with van der Waals surface area (Å²) in [7, 11) is 4.14. The molecule has 0 spiro atoms. The molecule has 1 amide bonds. The molecule has 146 valence electrons. The van der Waals surface area contributed by atoms with Gasteiger partial charge in [0.05, 0.1) is 6.54 Å². The molecule has 0 aromatic carbocycles. The Balaban J connectivity index is 1.51. The van der Waals surface area contributed by atoms with E-state index in [0.717, 1.165) is 19.5 Å². The van der Waals surface area contributed by atoms with Crippen molar-refractivity contribution < 1.29 is 4.79 Å². The number of amides is 1. The van der Waals surface area contributed by atoms with E-state index in [4.69, 9.17) is 0 Å². The first kappa shape index (κ1) is 18.3. The van der Waals surface area contributed by atoms with Gasteiger partial charge in [-0.25, -0.2) is 9.36 Å². The van der Waals surface area contributed by atoms with E-state index in [9.17, 15) is 4.79 Å². The molecule has 10 nitrogen and oxygen atoms in total. The number of aromatic nitrogens is 6. The van der Waals surface area contributed by atoms with E-state index in [1.165, 1.54) is 0 Å². The monoisotopic (exact) mass is 381 g/mol. The molecular formula is C18H23N9O. The largest absolute Gasteiger partial charge is 0.309 e. The first-order valence-electron chi connectivity index (χ1n) is 9.16. The zero-order valence-electron chi connectivity index (χ0n) is 15.9. The SMILES string of the molecule is CN(C)C1CCN(CC(=O)Nc2cc(-n3cccn3)nc(-n3cccn3)n2)C1. The molecule has 0 bridgehead atoms. The maximum absolute atomic E-state index is 12.6. The Bertz CT molecular complexity index is 868. The predicted molar refractivity (Wildman–Crippen MR) is 103 cm³/mol. The van der Waals surface area contributed by atoms with Gasteiger partial charge in [0.25, 0.3) is 5.95 Å². The van der Waals surface area contributed by atoms with Crippen LogP contribution in [0.25, 0.3) is 11.8 Å². The Morgan fingerprint density at radius 2 is 1.93 bits per heavy atom. The summed E-state index contributed by atoms with van der Waals surface area (Å²) in [5, 5.41) is 11.3.